The third kappa shape index (κ3) is 6.14. The van der Waals surface area contributed by atoms with Crippen molar-refractivity contribution >= 4 is 17.3 Å². The summed E-state index contributed by atoms with van der Waals surface area (Å²) in [5, 5.41) is 11.9. The van der Waals surface area contributed by atoms with Crippen LogP contribution >= 0.6 is 0 Å². The summed E-state index contributed by atoms with van der Waals surface area (Å²) in [6, 6.07) is 5.86. The highest BCUT2D eigenvalue weighted by atomic mass is 16.3. The summed E-state index contributed by atoms with van der Waals surface area (Å²) in [7, 11) is 0. The Labute approximate surface area is 127 Å². The SMILES string of the molecule is Cc1ccc(N)cc1NC(=O)CCCN(CCO)C(C)C. The molecule has 1 amide bonds. The minimum atomic E-state index is -0.00333. The fourth-order valence-corrected chi connectivity index (χ4v) is 2.19. The third-order valence-electron chi connectivity index (χ3n) is 3.50. The summed E-state index contributed by atoms with van der Waals surface area (Å²) in [6.45, 7) is 7.72. The van der Waals surface area contributed by atoms with Gasteiger partial charge in [0.1, 0.15) is 0 Å². The van der Waals surface area contributed by atoms with Crippen LogP contribution in [0.25, 0.3) is 0 Å². The van der Waals surface area contributed by atoms with Gasteiger partial charge >= 0.3 is 0 Å². The van der Waals surface area contributed by atoms with Gasteiger partial charge in [0.2, 0.25) is 5.91 Å². The zero-order chi connectivity index (χ0) is 15.8. The Balaban J connectivity index is 2.42. The number of carbonyl (C=O) groups excluding carboxylic acids is 1. The number of nitrogens with zero attached hydrogens (tertiary/aromatic N) is 1. The zero-order valence-electron chi connectivity index (χ0n) is 13.2. The number of nitrogens with one attached hydrogen (secondary N) is 1. The predicted molar refractivity (Wildman–Crippen MR) is 87.2 cm³/mol. The molecule has 4 N–H and O–H groups in total. The first-order valence-electron chi connectivity index (χ1n) is 7.45. The van der Waals surface area contributed by atoms with Crippen molar-refractivity contribution in [3.05, 3.63) is 23.8 Å². The third-order valence-corrected chi connectivity index (χ3v) is 3.50. The van der Waals surface area contributed by atoms with E-state index in [1.807, 2.05) is 19.1 Å². The molecule has 0 radical (unpaired) electrons. The highest BCUT2D eigenvalue weighted by Crippen LogP contribution is 2.18. The van der Waals surface area contributed by atoms with Gasteiger partial charge in [0, 0.05) is 30.4 Å². The number of anilines is 2. The number of hydrogen-bond donors (Lipinski definition) is 3. The maximum absolute atomic E-state index is 12.0. The lowest BCUT2D eigenvalue weighted by Crippen LogP contribution is -2.34. The lowest BCUT2D eigenvalue weighted by atomic mass is 10.1. The number of hydrogen-bond acceptors (Lipinski definition) is 4. The minimum Gasteiger partial charge on any atom is -0.399 e. The van der Waals surface area contributed by atoms with Gasteiger partial charge in [-0.05, 0) is 51.4 Å². The molecule has 21 heavy (non-hydrogen) atoms. The molecule has 5 heteroatoms. The number of nitrogens with two attached hydrogens (primary N) is 1. The van der Waals surface area contributed by atoms with E-state index in [-0.39, 0.29) is 12.5 Å². The van der Waals surface area contributed by atoms with Crippen molar-refractivity contribution < 1.29 is 9.90 Å². The highest BCUT2D eigenvalue weighted by molar-refractivity contribution is 5.91. The Morgan fingerprint density at radius 1 is 1.38 bits per heavy atom. The Bertz CT molecular complexity index is 461. The van der Waals surface area contributed by atoms with Crippen molar-refractivity contribution in [2.45, 2.75) is 39.7 Å². The summed E-state index contributed by atoms with van der Waals surface area (Å²) >= 11 is 0. The number of benzene rings is 1. The van der Waals surface area contributed by atoms with Gasteiger partial charge in [-0.15, -0.1) is 0 Å². The summed E-state index contributed by atoms with van der Waals surface area (Å²) in [4.78, 5) is 14.1. The van der Waals surface area contributed by atoms with Gasteiger partial charge in [-0.1, -0.05) is 6.07 Å². The number of carbonyl (C=O) groups is 1. The van der Waals surface area contributed by atoms with Crippen LogP contribution in [-0.4, -0.2) is 41.7 Å². The van der Waals surface area contributed by atoms with E-state index < -0.39 is 0 Å². The molecule has 0 aromatic heterocycles. The van der Waals surface area contributed by atoms with Gasteiger partial charge in [0.15, 0.2) is 0 Å². The summed E-state index contributed by atoms with van der Waals surface area (Å²) < 4.78 is 0. The molecule has 0 heterocycles. The van der Waals surface area contributed by atoms with Crippen molar-refractivity contribution in [3.63, 3.8) is 0 Å². The maximum atomic E-state index is 12.0. The van der Waals surface area contributed by atoms with Crippen LogP contribution in [0.4, 0.5) is 11.4 Å². The molecule has 0 saturated carbocycles. The number of nitrogen functional groups attached to an aromatic ring is 1. The van der Waals surface area contributed by atoms with E-state index in [0.717, 1.165) is 24.2 Å². The largest absolute Gasteiger partial charge is 0.399 e. The number of amides is 1. The molecule has 1 aromatic rings. The van der Waals surface area contributed by atoms with E-state index in [1.165, 1.54) is 0 Å². The van der Waals surface area contributed by atoms with Crippen LogP contribution in [0, 0.1) is 6.92 Å². The fraction of sp³-hybridized carbons (Fsp3) is 0.562. The molecule has 0 fully saturated rings. The first-order valence-corrected chi connectivity index (χ1v) is 7.45. The molecule has 0 saturated heterocycles. The summed E-state index contributed by atoms with van der Waals surface area (Å²) in [5.41, 5.74) is 8.15. The maximum Gasteiger partial charge on any atom is 0.224 e. The normalized spacial score (nSPS) is 11.1. The van der Waals surface area contributed by atoms with E-state index in [1.54, 1.807) is 6.07 Å². The molecule has 118 valence electrons. The Hall–Kier alpha value is -1.59. The van der Waals surface area contributed by atoms with E-state index in [4.69, 9.17) is 10.8 Å². The van der Waals surface area contributed by atoms with Gasteiger partial charge in [-0.2, -0.15) is 0 Å². The second kappa shape index (κ2) is 8.64. The highest BCUT2D eigenvalue weighted by Gasteiger charge is 2.10. The fourth-order valence-electron chi connectivity index (χ4n) is 2.19. The Morgan fingerprint density at radius 3 is 2.71 bits per heavy atom. The average Bonchev–Trinajstić information content (AvgIpc) is 2.41. The lowest BCUT2D eigenvalue weighted by molar-refractivity contribution is -0.116. The van der Waals surface area contributed by atoms with Crippen LogP contribution in [-0.2, 0) is 4.79 Å². The predicted octanol–water partition coefficient (Wildman–Crippen LogP) is 2.00. The second-order valence-corrected chi connectivity index (χ2v) is 5.58. The molecule has 5 nitrogen and oxygen atoms in total. The van der Waals surface area contributed by atoms with E-state index in [0.29, 0.717) is 24.7 Å². The van der Waals surface area contributed by atoms with Crippen LogP contribution in [0.1, 0.15) is 32.3 Å². The molecule has 0 unspecified atom stereocenters. The second-order valence-electron chi connectivity index (χ2n) is 5.58. The van der Waals surface area contributed by atoms with Crippen molar-refractivity contribution in [3.8, 4) is 0 Å². The van der Waals surface area contributed by atoms with Gasteiger partial charge in [-0.3, -0.25) is 9.69 Å². The molecule has 0 aliphatic heterocycles. The van der Waals surface area contributed by atoms with Gasteiger partial charge in [0.25, 0.3) is 0 Å². The molecule has 1 aromatic carbocycles. The molecular weight excluding hydrogens is 266 g/mol. The first-order chi connectivity index (χ1) is 9.93. The number of aryl methyl sites for hydroxylation is 1. The van der Waals surface area contributed by atoms with Crippen molar-refractivity contribution in [2.75, 3.05) is 30.7 Å². The van der Waals surface area contributed by atoms with Crippen LogP contribution in [0.2, 0.25) is 0 Å². The number of rotatable bonds is 8. The van der Waals surface area contributed by atoms with E-state index >= 15 is 0 Å². The minimum absolute atomic E-state index is 0.00333. The standard InChI is InChI=1S/C16H27N3O2/c1-12(2)19(9-10-20)8-4-5-16(21)18-15-11-14(17)7-6-13(15)3/h6-7,11-12,20H,4-5,8-10,17H2,1-3H3,(H,18,21). The van der Waals surface area contributed by atoms with Crippen molar-refractivity contribution in [1.82, 2.24) is 4.90 Å². The molecule has 0 bridgehead atoms. The molecule has 0 aliphatic rings. The van der Waals surface area contributed by atoms with E-state index in [9.17, 15) is 4.79 Å². The topological polar surface area (TPSA) is 78.6 Å². The van der Waals surface area contributed by atoms with Crippen LogP contribution in [0.3, 0.4) is 0 Å². The number of aliphatic hydroxyl groups is 1. The van der Waals surface area contributed by atoms with Crippen LogP contribution in [0.5, 0.6) is 0 Å². The van der Waals surface area contributed by atoms with E-state index in [2.05, 4.69) is 24.1 Å². The molecule has 0 aliphatic carbocycles. The summed E-state index contributed by atoms with van der Waals surface area (Å²) in [6.07, 6.45) is 1.23. The molecule has 0 spiro atoms. The van der Waals surface area contributed by atoms with Gasteiger partial charge in [0.05, 0.1) is 6.61 Å². The van der Waals surface area contributed by atoms with Crippen molar-refractivity contribution in [2.24, 2.45) is 0 Å². The lowest BCUT2D eigenvalue weighted by Gasteiger charge is -2.25. The summed E-state index contributed by atoms with van der Waals surface area (Å²) in [5.74, 6) is -0.00333. The van der Waals surface area contributed by atoms with Crippen LogP contribution in [0.15, 0.2) is 18.2 Å². The first kappa shape index (κ1) is 17.5. The number of aliphatic hydroxyl groups excluding tert-OH is 1. The van der Waals surface area contributed by atoms with Crippen molar-refractivity contribution in [1.29, 1.82) is 0 Å². The smallest absolute Gasteiger partial charge is 0.224 e. The van der Waals surface area contributed by atoms with Gasteiger partial charge in [-0.25, -0.2) is 0 Å². The Morgan fingerprint density at radius 2 is 2.10 bits per heavy atom. The molecule has 0 atom stereocenters. The Kier molecular flexibility index (Phi) is 7.19. The quantitative estimate of drug-likeness (QED) is 0.641. The van der Waals surface area contributed by atoms with Gasteiger partial charge < -0.3 is 16.2 Å². The molecular formula is C16H27N3O2. The zero-order valence-corrected chi connectivity index (χ0v) is 13.2. The van der Waals surface area contributed by atoms with Crippen LogP contribution < -0.4 is 11.1 Å². The monoisotopic (exact) mass is 293 g/mol. The molecule has 1 rings (SSSR count). The average molecular weight is 293 g/mol.